The van der Waals surface area contributed by atoms with Gasteiger partial charge in [0, 0.05) is 17.2 Å². The third-order valence-electron chi connectivity index (χ3n) is 2.45. The van der Waals surface area contributed by atoms with E-state index in [1.165, 1.54) is 13.2 Å². The highest BCUT2D eigenvalue weighted by molar-refractivity contribution is 5.90. The highest BCUT2D eigenvalue weighted by Crippen LogP contribution is 2.22. The van der Waals surface area contributed by atoms with Gasteiger partial charge in [-0.1, -0.05) is 18.2 Å². The Bertz CT molecular complexity index is 570. The van der Waals surface area contributed by atoms with Crippen LogP contribution in [-0.2, 0) is 9.53 Å². The number of rotatable bonds is 3. The molecule has 1 aromatic carbocycles. The third kappa shape index (κ3) is 2.66. The van der Waals surface area contributed by atoms with Gasteiger partial charge in [-0.2, -0.15) is 0 Å². The van der Waals surface area contributed by atoms with Crippen molar-refractivity contribution in [3.8, 4) is 11.5 Å². The first-order chi connectivity index (χ1) is 8.70. The summed E-state index contributed by atoms with van der Waals surface area (Å²) in [4.78, 5) is 15.3. The molecule has 0 amide bonds. The summed E-state index contributed by atoms with van der Waals surface area (Å²) in [5.74, 6) is 0.674. The minimum absolute atomic E-state index is 0.412. The van der Waals surface area contributed by atoms with Crippen LogP contribution in [0.1, 0.15) is 12.7 Å². The molecule has 0 fully saturated rings. The largest absolute Gasteiger partial charge is 0.466 e. The molecule has 0 saturated heterocycles. The van der Waals surface area contributed by atoms with Gasteiger partial charge >= 0.3 is 5.97 Å². The molecule has 1 heterocycles. The first kappa shape index (κ1) is 12.1. The van der Waals surface area contributed by atoms with Crippen LogP contribution < -0.4 is 0 Å². The minimum atomic E-state index is -0.412. The Morgan fingerprint density at radius 2 is 2.06 bits per heavy atom. The van der Waals surface area contributed by atoms with Gasteiger partial charge in [-0.3, -0.25) is 0 Å². The van der Waals surface area contributed by atoms with Crippen molar-refractivity contribution < 1.29 is 13.9 Å². The molecule has 2 aromatic rings. The van der Waals surface area contributed by atoms with Gasteiger partial charge in [0.05, 0.1) is 13.3 Å². The summed E-state index contributed by atoms with van der Waals surface area (Å²) < 4.78 is 10.1. The molecule has 0 radical (unpaired) electrons. The van der Waals surface area contributed by atoms with Crippen LogP contribution in [-0.4, -0.2) is 18.1 Å². The fourth-order valence-electron chi connectivity index (χ4n) is 1.48. The van der Waals surface area contributed by atoms with Crippen molar-refractivity contribution in [2.75, 3.05) is 7.11 Å². The first-order valence-corrected chi connectivity index (χ1v) is 5.48. The van der Waals surface area contributed by atoms with E-state index >= 15 is 0 Å². The van der Waals surface area contributed by atoms with Crippen LogP contribution in [0.3, 0.4) is 0 Å². The molecule has 92 valence electrons. The summed E-state index contributed by atoms with van der Waals surface area (Å²) in [6.45, 7) is 1.77. The van der Waals surface area contributed by atoms with Gasteiger partial charge in [0.25, 0.3) is 0 Å². The smallest absolute Gasteiger partial charge is 0.330 e. The number of oxazole rings is 1. The molecule has 0 atom stereocenters. The molecule has 0 saturated carbocycles. The second kappa shape index (κ2) is 5.31. The van der Waals surface area contributed by atoms with E-state index in [0.29, 0.717) is 17.2 Å². The monoisotopic (exact) mass is 243 g/mol. The SMILES string of the molecule is COC(=O)/C=C(\C)c1cnc(-c2ccccc2)o1. The van der Waals surface area contributed by atoms with E-state index in [1.807, 2.05) is 30.3 Å². The molecule has 4 heteroatoms. The van der Waals surface area contributed by atoms with E-state index in [0.717, 1.165) is 5.56 Å². The highest BCUT2D eigenvalue weighted by Gasteiger charge is 2.08. The maximum atomic E-state index is 11.1. The van der Waals surface area contributed by atoms with Gasteiger partial charge in [0.1, 0.15) is 0 Å². The lowest BCUT2D eigenvalue weighted by molar-refractivity contribution is -0.134. The Morgan fingerprint density at radius 1 is 1.33 bits per heavy atom. The second-order valence-electron chi connectivity index (χ2n) is 3.75. The summed E-state index contributed by atoms with van der Waals surface area (Å²) in [6.07, 6.45) is 2.96. The highest BCUT2D eigenvalue weighted by atomic mass is 16.5. The van der Waals surface area contributed by atoms with Gasteiger partial charge in [0.15, 0.2) is 5.76 Å². The number of methoxy groups -OCH3 is 1. The molecular weight excluding hydrogens is 230 g/mol. The number of aromatic nitrogens is 1. The molecule has 4 nitrogen and oxygen atoms in total. The van der Waals surface area contributed by atoms with Crippen LogP contribution >= 0.6 is 0 Å². The Labute approximate surface area is 105 Å². The van der Waals surface area contributed by atoms with Crippen molar-refractivity contribution in [1.82, 2.24) is 4.98 Å². The van der Waals surface area contributed by atoms with Crippen molar-refractivity contribution in [2.24, 2.45) is 0 Å². The molecule has 1 aromatic heterocycles. The summed E-state index contributed by atoms with van der Waals surface area (Å²) >= 11 is 0. The zero-order valence-electron chi connectivity index (χ0n) is 10.2. The van der Waals surface area contributed by atoms with E-state index in [1.54, 1.807) is 13.1 Å². The minimum Gasteiger partial charge on any atom is -0.466 e. The number of esters is 1. The number of allylic oxidation sites excluding steroid dienone is 1. The number of carbonyl (C=O) groups is 1. The predicted octanol–water partition coefficient (Wildman–Crippen LogP) is 2.92. The van der Waals surface area contributed by atoms with E-state index in [2.05, 4.69) is 9.72 Å². The van der Waals surface area contributed by atoms with Crippen LogP contribution in [0.2, 0.25) is 0 Å². The maximum Gasteiger partial charge on any atom is 0.330 e. The lowest BCUT2D eigenvalue weighted by atomic mass is 10.2. The Morgan fingerprint density at radius 3 is 2.72 bits per heavy atom. The number of ether oxygens (including phenoxy) is 1. The Balaban J connectivity index is 2.26. The fourth-order valence-corrected chi connectivity index (χ4v) is 1.48. The van der Waals surface area contributed by atoms with E-state index in [-0.39, 0.29) is 0 Å². The van der Waals surface area contributed by atoms with Crippen LogP contribution in [0.25, 0.3) is 17.0 Å². The van der Waals surface area contributed by atoms with Gasteiger partial charge in [-0.05, 0) is 19.1 Å². The van der Waals surface area contributed by atoms with Crippen molar-refractivity contribution in [1.29, 1.82) is 0 Å². The molecule has 0 aliphatic rings. The van der Waals surface area contributed by atoms with Crippen LogP contribution in [0, 0.1) is 0 Å². The molecule has 0 unspecified atom stereocenters. The Hall–Kier alpha value is -2.36. The molecule has 0 spiro atoms. The summed E-state index contributed by atoms with van der Waals surface area (Å²) in [6, 6.07) is 9.58. The third-order valence-corrected chi connectivity index (χ3v) is 2.45. The van der Waals surface area contributed by atoms with Crippen molar-refractivity contribution in [2.45, 2.75) is 6.92 Å². The summed E-state index contributed by atoms with van der Waals surface area (Å²) in [5, 5.41) is 0. The van der Waals surface area contributed by atoms with Gasteiger partial charge in [-0.15, -0.1) is 0 Å². The number of hydrogen-bond donors (Lipinski definition) is 0. The average molecular weight is 243 g/mol. The van der Waals surface area contributed by atoms with Crippen molar-refractivity contribution in [3.05, 3.63) is 48.4 Å². The number of nitrogens with zero attached hydrogens (tertiary/aromatic N) is 1. The molecule has 0 bridgehead atoms. The second-order valence-corrected chi connectivity index (χ2v) is 3.75. The molecule has 2 rings (SSSR count). The van der Waals surface area contributed by atoms with E-state index < -0.39 is 5.97 Å². The number of carbonyl (C=O) groups excluding carboxylic acids is 1. The van der Waals surface area contributed by atoms with E-state index in [9.17, 15) is 4.79 Å². The van der Waals surface area contributed by atoms with Crippen molar-refractivity contribution in [3.63, 3.8) is 0 Å². The zero-order chi connectivity index (χ0) is 13.0. The van der Waals surface area contributed by atoms with Gasteiger partial charge in [-0.25, -0.2) is 9.78 Å². The van der Waals surface area contributed by atoms with Crippen LogP contribution in [0.4, 0.5) is 0 Å². The normalized spacial score (nSPS) is 11.3. The van der Waals surface area contributed by atoms with Crippen molar-refractivity contribution >= 4 is 11.5 Å². The zero-order valence-corrected chi connectivity index (χ0v) is 10.2. The maximum absolute atomic E-state index is 11.1. The topological polar surface area (TPSA) is 52.3 Å². The molecular formula is C14H13NO3. The first-order valence-electron chi connectivity index (χ1n) is 5.48. The molecule has 0 N–H and O–H groups in total. The Kier molecular flexibility index (Phi) is 3.57. The van der Waals surface area contributed by atoms with Crippen LogP contribution in [0.5, 0.6) is 0 Å². The van der Waals surface area contributed by atoms with E-state index in [4.69, 9.17) is 4.42 Å². The lowest BCUT2D eigenvalue weighted by Crippen LogP contribution is -1.95. The quantitative estimate of drug-likeness (QED) is 0.614. The number of hydrogen-bond acceptors (Lipinski definition) is 4. The van der Waals surface area contributed by atoms with Gasteiger partial charge in [0.2, 0.25) is 5.89 Å². The summed E-state index contributed by atoms with van der Waals surface area (Å²) in [5.41, 5.74) is 1.58. The lowest BCUT2D eigenvalue weighted by Gasteiger charge is -1.96. The molecule has 0 aliphatic heterocycles. The van der Waals surface area contributed by atoms with Gasteiger partial charge < -0.3 is 9.15 Å². The fraction of sp³-hybridized carbons (Fsp3) is 0.143. The molecule has 0 aliphatic carbocycles. The standard InChI is InChI=1S/C14H13NO3/c1-10(8-13(16)17-2)12-9-15-14(18-12)11-6-4-3-5-7-11/h3-9H,1-2H3/b10-8+. The summed E-state index contributed by atoms with van der Waals surface area (Å²) in [7, 11) is 1.34. The predicted molar refractivity (Wildman–Crippen MR) is 67.6 cm³/mol. The van der Waals surface area contributed by atoms with Crippen LogP contribution in [0.15, 0.2) is 47.0 Å². The molecule has 18 heavy (non-hydrogen) atoms. The average Bonchev–Trinajstić information content (AvgIpc) is 2.89. The number of benzene rings is 1.